The molecule has 0 aromatic heterocycles. The largest absolute Gasteiger partial charge is 0.465 e. The lowest BCUT2D eigenvalue weighted by Crippen LogP contribution is -2.04. The summed E-state index contributed by atoms with van der Waals surface area (Å²) in [6, 6.07) is 8.30. The second kappa shape index (κ2) is 6.05. The van der Waals surface area contributed by atoms with Gasteiger partial charge in [0.1, 0.15) is 11.6 Å². The SMILES string of the molecule is COC(=O)c1cc(SC)ccc1-c1ccc(F)cc1F. The van der Waals surface area contributed by atoms with E-state index in [1.165, 1.54) is 24.9 Å². The molecule has 0 saturated carbocycles. The van der Waals surface area contributed by atoms with E-state index in [1.54, 1.807) is 18.2 Å². The van der Waals surface area contributed by atoms with Crippen molar-refractivity contribution in [3.8, 4) is 11.1 Å². The summed E-state index contributed by atoms with van der Waals surface area (Å²) in [7, 11) is 1.26. The van der Waals surface area contributed by atoms with Gasteiger partial charge < -0.3 is 4.74 Å². The maximum Gasteiger partial charge on any atom is 0.338 e. The van der Waals surface area contributed by atoms with Gasteiger partial charge in [-0.2, -0.15) is 0 Å². The molecule has 0 aliphatic rings. The summed E-state index contributed by atoms with van der Waals surface area (Å²) in [5.74, 6) is -1.93. The summed E-state index contributed by atoms with van der Waals surface area (Å²) in [6.07, 6.45) is 1.87. The average Bonchev–Trinajstić information content (AvgIpc) is 2.46. The number of ether oxygens (including phenoxy) is 1. The summed E-state index contributed by atoms with van der Waals surface area (Å²) in [5.41, 5.74) is 0.802. The summed E-state index contributed by atoms with van der Waals surface area (Å²) in [4.78, 5) is 12.7. The first-order chi connectivity index (χ1) is 9.56. The highest BCUT2D eigenvalue weighted by atomic mass is 32.2. The highest BCUT2D eigenvalue weighted by Crippen LogP contribution is 2.30. The minimum absolute atomic E-state index is 0.166. The number of methoxy groups -OCH3 is 1. The molecule has 2 nitrogen and oxygen atoms in total. The Morgan fingerprint density at radius 2 is 1.80 bits per heavy atom. The zero-order chi connectivity index (χ0) is 14.7. The fraction of sp³-hybridized carbons (Fsp3) is 0.133. The quantitative estimate of drug-likeness (QED) is 0.628. The lowest BCUT2D eigenvalue weighted by molar-refractivity contribution is 0.0601. The van der Waals surface area contributed by atoms with Gasteiger partial charge in [0.2, 0.25) is 0 Å². The van der Waals surface area contributed by atoms with Crippen LogP contribution in [0, 0.1) is 11.6 Å². The van der Waals surface area contributed by atoms with Gasteiger partial charge >= 0.3 is 5.97 Å². The molecule has 0 saturated heterocycles. The van der Waals surface area contributed by atoms with E-state index in [-0.39, 0.29) is 11.1 Å². The van der Waals surface area contributed by atoms with Gasteiger partial charge in [0.05, 0.1) is 12.7 Å². The van der Waals surface area contributed by atoms with Gasteiger partial charge in [0.15, 0.2) is 0 Å². The first-order valence-electron chi connectivity index (χ1n) is 5.78. The van der Waals surface area contributed by atoms with Crippen molar-refractivity contribution < 1.29 is 18.3 Å². The third-order valence-electron chi connectivity index (χ3n) is 2.85. The number of hydrogen-bond acceptors (Lipinski definition) is 3. The van der Waals surface area contributed by atoms with Crippen LogP contribution in [-0.2, 0) is 4.74 Å². The molecule has 0 unspecified atom stereocenters. The molecular weight excluding hydrogens is 282 g/mol. The van der Waals surface area contributed by atoms with Crippen molar-refractivity contribution in [3.05, 3.63) is 53.6 Å². The Hall–Kier alpha value is -1.88. The Morgan fingerprint density at radius 1 is 1.10 bits per heavy atom. The van der Waals surface area contributed by atoms with Gasteiger partial charge in [-0.15, -0.1) is 11.8 Å². The molecule has 0 radical (unpaired) electrons. The van der Waals surface area contributed by atoms with E-state index < -0.39 is 17.6 Å². The Morgan fingerprint density at radius 3 is 2.40 bits per heavy atom. The van der Waals surface area contributed by atoms with E-state index >= 15 is 0 Å². The van der Waals surface area contributed by atoms with Crippen LogP contribution in [0.2, 0.25) is 0 Å². The number of thioether (sulfide) groups is 1. The van der Waals surface area contributed by atoms with E-state index in [0.717, 1.165) is 17.0 Å². The van der Waals surface area contributed by atoms with Crippen LogP contribution in [0.3, 0.4) is 0 Å². The zero-order valence-electron chi connectivity index (χ0n) is 10.9. The molecular formula is C15H12F2O2S. The summed E-state index contributed by atoms with van der Waals surface area (Å²) in [5, 5.41) is 0. The predicted octanol–water partition coefficient (Wildman–Crippen LogP) is 4.14. The minimum Gasteiger partial charge on any atom is -0.465 e. The van der Waals surface area contributed by atoms with E-state index in [0.29, 0.717) is 5.56 Å². The van der Waals surface area contributed by atoms with Gasteiger partial charge in [-0.05, 0) is 36.1 Å². The summed E-state index contributed by atoms with van der Waals surface area (Å²) in [6.45, 7) is 0. The number of carbonyl (C=O) groups excluding carboxylic acids is 1. The summed E-state index contributed by atoms with van der Waals surface area (Å²) >= 11 is 1.46. The van der Waals surface area contributed by atoms with Gasteiger partial charge in [-0.1, -0.05) is 6.07 Å². The van der Waals surface area contributed by atoms with Crippen LogP contribution >= 0.6 is 11.8 Å². The molecule has 0 spiro atoms. The fourth-order valence-corrected chi connectivity index (χ4v) is 2.31. The number of esters is 1. The van der Waals surface area contributed by atoms with E-state index in [1.807, 2.05) is 6.26 Å². The van der Waals surface area contributed by atoms with Crippen molar-refractivity contribution in [2.24, 2.45) is 0 Å². The topological polar surface area (TPSA) is 26.3 Å². The normalized spacial score (nSPS) is 10.4. The molecule has 2 aromatic carbocycles. The first kappa shape index (κ1) is 14.5. The van der Waals surface area contributed by atoms with Crippen molar-refractivity contribution in [1.82, 2.24) is 0 Å². The molecule has 0 bridgehead atoms. The van der Waals surface area contributed by atoms with E-state index in [2.05, 4.69) is 0 Å². The Labute approximate surface area is 119 Å². The Kier molecular flexibility index (Phi) is 4.39. The molecule has 0 heterocycles. The molecule has 2 rings (SSSR count). The predicted molar refractivity (Wildman–Crippen MR) is 74.9 cm³/mol. The highest BCUT2D eigenvalue weighted by Gasteiger charge is 2.17. The number of halogens is 2. The monoisotopic (exact) mass is 294 g/mol. The van der Waals surface area contributed by atoms with Gasteiger partial charge in [-0.25, -0.2) is 13.6 Å². The molecule has 5 heteroatoms. The van der Waals surface area contributed by atoms with Crippen molar-refractivity contribution >= 4 is 17.7 Å². The average molecular weight is 294 g/mol. The Balaban J connectivity index is 2.63. The zero-order valence-corrected chi connectivity index (χ0v) is 11.8. The van der Waals surface area contributed by atoms with Gasteiger partial charge in [-0.3, -0.25) is 0 Å². The maximum absolute atomic E-state index is 13.9. The van der Waals surface area contributed by atoms with E-state index in [9.17, 15) is 13.6 Å². The van der Waals surface area contributed by atoms with Crippen LogP contribution in [0.1, 0.15) is 10.4 Å². The van der Waals surface area contributed by atoms with Crippen molar-refractivity contribution in [2.45, 2.75) is 4.90 Å². The van der Waals surface area contributed by atoms with Gasteiger partial charge in [0.25, 0.3) is 0 Å². The number of hydrogen-bond donors (Lipinski definition) is 0. The molecule has 0 atom stereocenters. The van der Waals surface area contributed by atoms with E-state index in [4.69, 9.17) is 4.74 Å². The van der Waals surface area contributed by atoms with Crippen LogP contribution in [0.15, 0.2) is 41.3 Å². The second-order valence-electron chi connectivity index (χ2n) is 4.03. The van der Waals surface area contributed by atoms with Crippen molar-refractivity contribution in [2.75, 3.05) is 13.4 Å². The van der Waals surface area contributed by atoms with Gasteiger partial charge in [0, 0.05) is 16.5 Å². The van der Waals surface area contributed by atoms with Crippen molar-refractivity contribution in [1.29, 1.82) is 0 Å². The van der Waals surface area contributed by atoms with Crippen LogP contribution in [0.4, 0.5) is 8.78 Å². The molecule has 20 heavy (non-hydrogen) atoms. The maximum atomic E-state index is 13.9. The molecule has 0 fully saturated rings. The third-order valence-corrected chi connectivity index (χ3v) is 3.58. The number of benzene rings is 2. The first-order valence-corrected chi connectivity index (χ1v) is 7.01. The van der Waals surface area contributed by atoms with Crippen molar-refractivity contribution in [3.63, 3.8) is 0 Å². The highest BCUT2D eigenvalue weighted by molar-refractivity contribution is 7.98. The lowest BCUT2D eigenvalue weighted by atomic mass is 9.99. The molecule has 0 aliphatic carbocycles. The smallest absolute Gasteiger partial charge is 0.338 e. The Bertz CT molecular complexity index is 656. The molecule has 2 aromatic rings. The van der Waals surface area contributed by atoms with Crippen LogP contribution in [-0.4, -0.2) is 19.3 Å². The summed E-state index contributed by atoms with van der Waals surface area (Å²) < 4.78 is 31.6. The number of rotatable bonds is 3. The molecule has 0 aliphatic heterocycles. The second-order valence-corrected chi connectivity index (χ2v) is 4.91. The fourth-order valence-electron chi connectivity index (χ4n) is 1.87. The van der Waals surface area contributed by atoms with Crippen LogP contribution in [0.25, 0.3) is 11.1 Å². The third kappa shape index (κ3) is 2.82. The van der Waals surface area contributed by atoms with Crippen LogP contribution < -0.4 is 0 Å². The molecule has 104 valence electrons. The lowest BCUT2D eigenvalue weighted by Gasteiger charge is -2.10. The minimum atomic E-state index is -0.716. The molecule has 0 N–H and O–H groups in total. The standard InChI is InChI=1S/C15H12F2O2S/c1-19-15(18)13-8-10(20-2)4-6-11(13)12-5-3-9(16)7-14(12)17/h3-8H,1-2H3. The molecule has 0 amide bonds. The number of carbonyl (C=O) groups is 1. The van der Waals surface area contributed by atoms with Crippen LogP contribution in [0.5, 0.6) is 0 Å².